The van der Waals surface area contributed by atoms with Crippen molar-refractivity contribution in [3.8, 4) is 5.75 Å². The molecule has 1 fully saturated rings. The lowest BCUT2D eigenvalue weighted by atomic mass is 9.93. The van der Waals surface area contributed by atoms with Crippen molar-refractivity contribution in [2.45, 2.75) is 32.2 Å². The number of rotatable bonds is 8. The molecule has 1 N–H and O–H groups in total. The van der Waals surface area contributed by atoms with Crippen molar-refractivity contribution < 1.29 is 19.4 Å². The predicted molar refractivity (Wildman–Crippen MR) is 126 cm³/mol. The monoisotopic (exact) mass is 436 g/mol. The van der Waals surface area contributed by atoms with Crippen molar-refractivity contribution in [3.63, 3.8) is 0 Å². The minimum atomic E-state index is -0.652. The first-order valence-corrected chi connectivity index (χ1v) is 10.9. The largest absolute Gasteiger partial charge is 0.507 e. The molecular formula is C26H32N2O4. The molecule has 3 rings (SSSR count). The number of aliphatic hydroxyl groups is 1. The zero-order valence-electron chi connectivity index (χ0n) is 19.5. The number of aliphatic hydroxyl groups excluding tert-OH is 1. The molecule has 1 saturated heterocycles. The smallest absolute Gasteiger partial charge is 0.295 e. The molecule has 0 saturated carbocycles. The Morgan fingerprint density at radius 2 is 1.69 bits per heavy atom. The van der Waals surface area contributed by atoms with Crippen molar-refractivity contribution in [2.75, 3.05) is 34.3 Å². The first-order chi connectivity index (χ1) is 15.2. The zero-order chi connectivity index (χ0) is 23.4. The van der Waals surface area contributed by atoms with E-state index < -0.39 is 17.7 Å². The molecule has 1 atom stereocenters. The number of benzene rings is 2. The molecule has 1 heterocycles. The summed E-state index contributed by atoms with van der Waals surface area (Å²) in [6, 6.07) is 14.1. The van der Waals surface area contributed by atoms with Crippen molar-refractivity contribution in [3.05, 3.63) is 70.8 Å². The van der Waals surface area contributed by atoms with Gasteiger partial charge in [0.15, 0.2) is 0 Å². The van der Waals surface area contributed by atoms with Gasteiger partial charge in [0, 0.05) is 12.1 Å². The number of Topliss-reactive ketones (excluding diaryl/α,β-unsaturated/α-hetero) is 1. The number of hydrogen-bond donors (Lipinski definition) is 1. The molecule has 2 aromatic carbocycles. The molecule has 0 bridgehead atoms. The van der Waals surface area contributed by atoms with Gasteiger partial charge >= 0.3 is 0 Å². The molecule has 1 aliphatic rings. The number of ketones is 1. The first kappa shape index (κ1) is 23.5. The summed E-state index contributed by atoms with van der Waals surface area (Å²) in [7, 11) is 5.51. The number of carbonyl (C=O) groups is 2. The fraction of sp³-hybridized carbons (Fsp3) is 0.385. The molecule has 0 radical (unpaired) electrons. The molecule has 0 unspecified atom stereocenters. The number of hydrogen-bond acceptors (Lipinski definition) is 5. The van der Waals surface area contributed by atoms with Gasteiger partial charge in [0.2, 0.25) is 0 Å². The Bertz CT molecular complexity index is 991. The highest BCUT2D eigenvalue weighted by atomic mass is 16.5. The molecular weight excluding hydrogens is 404 g/mol. The van der Waals surface area contributed by atoms with E-state index in [1.165, 1.54) is 5.56 Å². The SMILES string of the molecule is COc1ccc(/C(O)=C2\C(=O)C(=O)N(CCCN(C)C)[C@@H]2c2ccc(C(C)C)cc2)cc1. The van der Waals surface area contributed by atoms with Crippen LogP contribution in [0.5, 0.6) is 5.75 Å². The van der Waals surface area contributed by atoms with Gasteiger partial charge < -0.3 is 19.6 Å². The molecule has 0 aromatic heterocycles. The van der Waals surface area contributed by atoms with E-state index in [0.29, 0.717) is 23.8 Å². The lowest BCUT2D eigenvalue weighted by molar-refractivity contribution is -0.139. The number of carbonyl (C=O) groups excluding carboxylic acids is 2. The molecule has 170 valence electrons. The second-order valence-corrected chi connectivity index (χ2v) is 8.70. The van der Waals surface area contributed by atoms with Crippen molar-refractivity contribution in [1.82, 2.24) is 9.80 Å². The summed E-state index contributed by atoms with van der Waals surface area (Å²) in [6.07, 6.45) is 0.725. The van der Waals surface area contributed by atoms with Gasteiger partial charge in [-0.15, -0.1) is 0 Å². The summed E-state index contributed by atoms with van der Waals surface area (Å²) in [5, 5.41) is 11.1. The molecule has 2 aromatic rings. The quantitative estimate of drug-likeness (QED) is 0.382. The minimum Gasteiger partial charge on any atom is -0.507 e. The molecule has 1 aliphatic heterocycles. The van der Waals surface area contributed by atoms with Crippen LogP contribution in [0.3, 0.4) is 0 Å². The fourth-order valence-corrected chi connectivity index (χ4v) is 3.98. The van der Waals surface area contributed by atoms with Crippen LogP contribution >= 0.6 is 0 Å². The Morgan fingerprint density at radius 1 is 1.06 bits per heavy atom. The summed E-state index contributed by atoms with van der Waals surface area (Å²) in [4.78, 5) is 29.7. The molecule has 1 amide bonds. The maximum atomic E-state index is 13.1. The Hall–Kier alpha value is -3.12. The van der Waals surface area contributed by atoms with Crippen LogP contribution in [0.1, 0.15) is 48.9 Å². The average Bonchev–Trinajstić information content (AvgIpc) is 3.03. The van der Waals surface area contributed by atoms with Crippen LogP contribution in [0, 0.1) is 0 Å². The van der Waals surface area contributed by atoms with Gasteiger partial charge in [-0.3, -0.25) is 9.59 Å². The van der Waals surface area contributed by atoms with Crippen LogP contribution in [-0.2, 0) is 9.59 Å². The van der Waals surface area contributed by atoms with Crippen molar-refractivity contribution >= 4 is 17.4 Å². The van der Waals surface area contributed by atoms with Gasteiger partial charge in [-0.25, -0.2) is 0 Å². The third kappa shape index (κ3) is 4.86. The second-order valence-electron chi connectivity index (χ2n) is 8.70. The van der Waals surface area contributed by atoms with E-state index in [-0.39, 0.29) is 11.3 Å². The number of nitrogens with zero attached hydrogens (tertiary/aromatic N) is 2. The molecule has 6 nitrogen and oxygen atoms in total. The van der Waals surface area contributed by atoms with E-state index in [2.05, 4.69) is 13.8 Å². The van der Waals surface area contributed by atoms with Crippen LogP contribution in [0.15, 0.2) is 54.1 Å². The maximum absolute atomic E-state index is 13.1. The lowest BCUT2D eigenvalue weighted by Gasteiger charge is -2.26. The second kappa shape index (κ2) is 10.0. The van der Waals surface area contributed by atoms with Crippen LogP contribution in [0.4, 0.5) is 0 Å². The van der Waals surface area contributed by atoms with E-state index in [9.17, 15) is 14.7 Å². The van der Waals surface area contributed by atoms with Gasteiger partial charge in [-0.05, 0) is 68.4 Å². The maximum Gasteiger partial charge on any atom is 0.295 e. The van der Waals surface area contributed by atoms with Crippen LogP contribution < -0.4 is 4.74 Å². The summed E-state index contributed by atoms with van der Waals surface area (Å²) >= 11 is 0. The predicted octanol–water partition coefficient (Wildman–Crippen LogP) is 4.19. The molecule has 6 heteroatoms. The number of ether oxygens (including phenoxy) is 1. The lowest BCUT2D eigenvalue weighted by Crippen LogP contribution is -2.32. The standard InChI is InChI=1S/C26H32N2O4/c1-17(2)18-7-9-19(10-8-18)23-22(24(29)20-11-13-21(32-5)14-12-20)25(30)26(31)28(23)16-6-15-27(3)4/h7-14,17,23,29H,6,15-16H2,1-5H3/b24-22+/t23-/m1/s1. The highest BCUT2D eigenvalue weighted by Gasteiger charge is 2.45. The summed E-state index contributed by atoms with van der Waals surface area (Å²) in [6.45, 7) is 5.46. The first-order valence-electron chi connectivity index (χ1n) is 10.9. The Kier molecular flexibility index (Phi) is 7.36. The summed E-state index contributed by atoms with van der Waals surface area (Å²) < 4.78 is 5.18. The highest BCUT2D eigenvalue weighted by molar-refractivity contribution is 6.46. The molecule has 0 spiro atoms. The third-order valence-corrected chi connectivity index (χ3v) is 5.83. The van der Waals surface area contributed by atoms with E-state index in [0.717, 1.165) is 18.5 Å². The average molecular weight is 437 g/mol. The van der Waals surface area contributed by atoms with E-state index >= 15 is 0 Å². The normalized spacial score (nSPS) is 18.1. The highest BCUT2D eigenvalue weighted by Crippen LogP contribution is 2.40. The summed E-state index contributed by atoms with van der Waals surface area (Å²) in [5.74, 6) is -0.377. The van der Waals surface area contributed by atoms with Gasteiger partial charge in [-0.1, -0.05) is 38.1 Å². The van der Waals surface area contributed by atoms with E-state index in [4.69, 9.17) is 4.74 Å². The Balaban J connectivity index is 2.07. The molecule has 32 heavy (non-hydrogen) atoms. The summed E-state index contributed by atoms with van der Waals surface area (Å²) in [5.41, 5.74) is 2.59. The van der Waals surface area contributed by atoms with Crippen molar-refractivity contribution in [2.24, 2.45) is 0 Å². The number of amides is 1. The Morgan fingerprint density at radius 3 is 2.22 bits per heavy atom. The van der Waals surface area contributed by atoms with Gasteiger partial charge in [0.05, 0.1) is 18.7 Å². The fourth-order valence-electron chi connectivity index (χ4n) is 3.98. The van der Waals surface area contributed by atoms with E-state index in [1.54, 1.807) is 36.3 Å². The number of likely N-dealkylation sites (tertiary alicyclic amines) is 1. The minimum absolute atomic E-state index is 0.127. The molecule has 0 aliphatic carbocycles. The van der Waals surface area contributed by atoms with Gasteiger partial charge in [0.1, 0.15) is 11.5 Å². The zero-order valence-corrected chi connectivity index (χ0v) is 19.5. The van der Waals surface area contributed by atoms with Crippen LogP contribution in [0.2, 0.25) is 0 Å². The topological polar surface area (TPSA) is 70.1 Å². The van der Waals surface area contributed by atoms with Gasteiger partial charge in [-0.2, -0.15) is 0 Å². The third-order valence-electron chi connectivity index (χ3n) is 5.83. The van der Waals surface area contributed by atoms with Crippen LogP contribution in [-0.4, -0.2) is 60.9 Å². The van der Waals surface area contributed by atoms with E-state index in [1.807, 2.05) is 43.3 Å². The Labute approximate surface area is 190 Å². The number of methoxy groups -OCH3 is 1. The van der Waals surface area contributed by atoms with Crippen LogP contribution in [0.25, 0.3) is 5.76 Å². The van der Waals surface area contributed by atoms with Gasteiger partial charge in [0.25, 0.3) is 11.7 Å². The van der Waals surface area contributed by atoms with Crippen molar-refractivity contribution in [1.29, 1.82) is 0 Å².